The summed E-state index contributed by atoms with van der Waals surface area (Å²) in [4.78, 5) is 25.6. The van der Waals surface area contributed by atoms with Crippen molar-refractivity contribution in [2.24, 2.45) is 5.92 Å². The third kappa shape index (κ3) is 5.82. The smallest absolute Gasteiger partial charge is 0.380 e. The maximum atomic E-state index is 14.2. The second-order valence-corrected chi connectivity index (χ2v) is 13.2. The zero-order chi connectivity index (χ0) is 30.2. The number of aliphatic hydroxyl groups excluding tert-OH is 1. The quantitative estimate of drug-likeness (QED) is 0.237. The molecule has 4 heterocycles. The summed E-state index contributed by atoms with van der Waals surface area (Å²) in [6, 6.07) is 8.58. The number of esters is 1. The molecule has 0 radical (unpaired) electrons. The fourth-order valence-electron chi connectivity index (χ4n) is 5.88. The molecule has 3 aliphatic rings. The molecule has 1 aliphatic carbocycles. The zero-order valence-corrected chi connectivity index (χ0v) is 24.9. The standard InChI is InChI=1S/C28H36N5O9P/c1-17(25(35)40-18-8-6-7-9-18)15-43(36,42-19-10-4-3-5-11-19)39-14-20-22(34)28(12-13-38-28)26(41-20)33-16-30-21-23(33)31-27(29)32-24(21)37-2/h3-5,10-11,16-18,20,22,26,34H,6-9,12-15H2,1-2H3,(H2,29,31,32)/t17-,20?,22-,26?,28-,43?/m1/s1. The molecule has 6 rings (SSSR count). The number of imidazole rings is 1. The molecule has 2 aromatic heterocycles. The molecular weight excluding hydrogens is 581 g/mol. The highest BCUT2D eigenvalue weighted by Crippen LogP contribution is 2.53. The van der Waals surface area contributed by atoms with Crippen LogP contribution in [0.3, 0.4) is 0 Å². The first-order valence-corrected chi connectivity index (χ1v) is 16.1. The van der Waals surface area contributed by atoms with E-state index in [0.29, 0.717) is 29.9 Å². The van der Waals surface area contributed by atoms with Crippen molar-refractivity contribution in [1.82, 2.24) is 19.5 Å². The fraction of sp³-hybridized carbons (Fsp3) is 0.571. The second-order valence-electron chi connectivity index (χ2n) is 11.2. The fourth-order valence-corrected chi connectivity index (χ4v) is 7.75. The average Bonchev–Trinajstić information content (AvgIpc) is 3.69. The van der Waals surface area contributed by atoms with Crippen molar-refractivity contribution in [2.75, 3.05) is 32.2 Å². The molecule has 14 nitrogen and oxygen atoms in total. The summed E-state index contributed by atoms with van der Waals surface area (Å²) >= 11 is 0. The van der Waals surface area contributed by atoms with Crippen molar-refractivity contribution in [2.45, 2.75) is 69.2 Å². The summed E-state index contributed by atoms with van der Waals surface area (Å²) in [5, 5.41) is 11.4. The molecule has 0 bridgehead atoms. The van der Waals surface area contributed by atoms with Crippen LogP contribution in [0.5, 0.6) is 11.6 Å². The Labute approximate surface area is 248 Å². The van der Waals surface area contributed by atoms with Crippen LogP contribution in [0.1, 0.15) is 45.3 Å². The van der Waals surface area contributed by atoms with Gasteiger partial charge >= 0.3 is 13.6 Å². The number of aliphatic hydroxyl groups is 1. The van der Waals surface area contributed by atoms with Crippen LogP contribution < -0.4 is 15.0 Å². The van der Waals surface area contributed by atoms with Crippen LogP contribution in [0.25, 0.3) is 11.2 Å². The number of carbonyl (C=O) groups is 1. The second kappa shape index (κ2) is 12.0. The van der Waals surface area contributed by atoms with E-state index in [1.807, 2.05) is 0 Å². The van der Waals surface area contributed by atoms with Crippen molar-refractivity contribution in [1.29, 1.82) is 0 Å². The number of rotatable bonds is 11. The molecule has 3 N–H and O–H groups in total. The van der Waals surface area contributed by atoms with Gasteiger partial charge in [0.1, 0.15) is 29.7 Å². The molecule has 232 valence electrons. The lowest BCUT2D eigenvalue weighted by atomic mass is 9.86. The lowest BCUT2D eigenvalue weighted by molar-refractivity contribution is -0.225. The van der Waals surface area contributed by atoms with Gasteiger partial charge in [-0.2, -0.15) is 9.97 Å². The number of nitrogens with zero attached hydrogens (tertiary/aromatic N) is 4. The SMILES string of the molecule is COc1nc(N)nc2c1ncn2C1OC(COP(=O)(C[C@@H](C)C(=O)OC2CCCC2)Oc2ccccc2)[C@@H](O)[C@]12CCO2. The van der Waals surface area contributed by atoms with E-state index >= 15 is 0 Å². The Bertz CT molecular complexity index is 1490. The lowest BCUT2D eigenvalue weighted by Gasteiger charge is -2.44. The highest BCUT2D eigenvalue weighted by molar-refractivity contribution is 7.54. The summed E-state index contributed by atoms with van der Waals surface area (Å²) in [6.45, 7) is 1.75. The molecule has 1 saturated carbocycles. The van der Waals surface area contributed by atoms with Gasteiger partial charge in [-0.1, -0.05) is 25.1 Å². The number of nitrogen functional groups attached to an aromatic ring is 1. The maximum Gasteiger partial charge on any atom is 0.380 e. The molecule has 1 aromatic carbocycles. The molecule has 3 fully saturated rings. The van der Waals surface area contributed by atoms with E-state index in [2.05, 4.69) is 15.0 Å². The highest BCUT2D eigenvalue weighted by Gasteiger charge is 2.62. The van der Waals surface area contributed by atoms with Gasteiger partial charge in [-0.05, 0) is 37.8 Å². The molecule has 2 aliphatic heterocycles. The minimum absolute atomic E-state index is 0.0207. The number of para-hydroxylation sites is 1. The molecular formula is C28H36N5O9P. The summed E-state index contributed by atoms with van der Waals surface area (Å²) in [5.74, 6) is -0.704. The van der Waals surface area contributed by atoms with Crippen LogP contribution in [-0.4, -0.2) is 81.0 Å². The number of hydrogen-bond donors (Lipinski definition) is 2. The van der Waals surface area contributed by atoms with Crippen LogP contribution in [-0.2, 0) is 28.1 Å². The molecule has 3 unspecified atom stereocenters. The van der Waals surface area contributed by atoms with Crippen molar-refractivity contribution in [3.05, 3.63) is 36.7 Å². The van der Waals surface area contributed by atoms with E-state index in [4.69, 9.17) is 33.7 Å². The van der Waals surface area contributed by atoms with Crippen LogP contribution in [0.4, 0.5) is 5.95 Å². The highest BCUT2D eigenvalue weighted by atomic mass is 31.2. The summed E-state index contributed by atoms with van der Waals surface area (Å²) < 4.78 is 50.8. The van der Waals surface area contributed by atoms with Crippen LogP contribution in [0.2, 0.25) is 0 Å². The molecule has 3 aromatic rings. The summed E-state index contributed by atoms with van der Waals surface area (Å²) in [5.41, 5.74) is 5.47. The molecule has 1 spiro atoms. The number of fused-ring (bicyclic) bond motifs is 1. The number of nitrogens with two attached hydrogens (primary N) is 1. The Morgan fingerprint density at radius 1 is 1.26 bits per heavy atom. The van der Waals surface area contributed by atoms with Gasteiger partial charge < -0.3 is 34.3 Å². The van der Waals surface area contributed by atoms with Gasteiger partial charge in [0.15, 0.2) is 17.4 Å². The average molecular weight is 618 g/mol. The van der Waals surface area contributed by atoms with Gasteiger partial charge in [0, 0.05) is 6.42 Å². The Morgan fingerprint density at radius 3 is 2.67 bits per heavy atom. The largest absolute Gasteiger partial charge is 0.479 e. The minimum Gasteiger partial charge on any atom is -0.479 e. The lowest BCUT2D eigenvalue weighted by Crippen LogP contribution is -2.56. The Hall–Kier alpha value is -3.29. The number of hydrogen-bond acceptors (Lipinski definition) is 13. The van der Waals surface area contributed by atoms with Gasteiger partial charge in [0.05, 0.1) is 38.7 Å². The van der Waals surface area contributed by atoms with Crippen molar-refractivity contribution >= 4 is 30.7 Å². The number of anilines is 1. The zero-order valence-electron chi connectivity index (χ0n) is 24.0. The van der Waals surface area contributed by atoms with E-state index in [0.717, 1.165) is 25.7 Å². The van der Waals surface area contributed by atoms with E-state index in [1.165, 1.54) is 13.4 Å². The third-order valence-corrected chi connectivity index (χ3v) is 10.2. The molecule has 43 heavy (non-hydrogen) atoms. The van der Waals surface area contributed by atoms with E-state index < -0.39 is 43.5 Å². The number of carbonyl (C=O) groups excluding carboxylic acids is 1. The van der Waals surface area contributed by atoms with Gasteiger partial charge in [-0.25, -0.2) is 9.55 Å². The van der Waals surface area contributed by atoms with Crippen molar-refractivity contribution in [3.8, 4) is 11.6 Å². The van der Waals surface area contributed by atoms with Crippen LogP contribution in [0.15, 0.2) is 36.7 Å². The first-order chi connectivity index (χ1) is 20.7. The summed E-state index contributed by atoms with van der Waals surface area (Å²) in [7, 11) is -2.50. The van der Waals surface area contributed by atoms with Gasteiger partial charge in [-0.3, -0.25) is 13.9 Å². The van der Waals surface area contributed by atoms with Crippen molar-refractivity contribution in [3.63, 3.8) is 0 Å². The van der Waals surface area contributed by atoms with Crippen LogP contribution in [0, 0.1) is 5.92 Å². The predicted molar refractivity (Wildman–Crippen MR) is 153 cm³/mol. The Balaban J connectivity index is 1.21. The number of aromatic nitrogens is 4. The van der Waals surface area contributed by atoms with Crippen LogP contribution >= 0.6 is 7.60 Å². The third-order valence-electron chi connectivity index (χ3n) is 8.20. The van der Waals surface area contributed by atoms with Gasteiger partial charge in [0.2, 0.25) is 11.8 Å². The van der Waals surface area contributed by atoms with E-state index in [9.17, 15) is 14.5 Å². The molecule has 2 saturated heterocycles. The topological polar surface area (TPSA) is 179 Å². The first-order valence-electron chi connectivity index (χ1n) is 14.4. The monoisotopic (exact) mass is 617 g/mol. The van der Waals surface area contributed by atoms with Gasteiger partial charge in [-0.15, -0.1) is 0 Å². The number of benzene rings is 1. The molecule has 0 amide bonds. The number of methoxy groups -OCH3 is 1. The van der Waals surface area contributed by atoms with Crippen molar-refractivity contribution < 1.29 is 42.5 Å². The Kier molecular flexibility index (Phi) is 8.31. The molecule has 15 heteroatoms. The normalized spacial score (nSPS) is 27.6. The minimum atomic E-state index is -3.95. The van der Waals surface area contributed by atoms with E-state index in [1.54, 1.807) is 41.8 Å². The Morgan fingerprint density at radius 2 is 2.00 bits per heavy atom. The van der Waals surface area contributed by atoms with E-state index in [-0.39, 0.29) is 30.7 Å². The molecule has 6 atom stereocenters. The van der Waals surface area contributed by atoms with Gasteiger partial charge in [0.25, 0.3) is 0 Å². The summed E-state index contributed by atoms with van der Waals surface area (Å²) in [6.07, 6.45) is 2.35. The maximum absolute atomic E-state index is 14.2. The number of ether oxygens (including phenoxy) is 4. The predicted octanol–water partition coefficient (Wildman–Crippen LogP) is 3.25. The first kappa shape index (κ1) is 29.8.